The van der Waals surface area contributed by atoms with E-state index < -0.39 is 0 Å². The Morgan fingerprint density at radius 3 is 2.71 bits per heavy atom. The van der Waals surface area contributed by atoms with Crippen LogP contribution in [-0.4, -0.2) is 6.54 Å². The van der Waals surface area contributed by atoms with E-state index in [0.717, 1.165) is 22.7 Å². The van der Waals surface area contributed by atoms with Gasteiger partial charge in [0.15, 0.2) is 0 Å². The standard InChI is InChI=1S/C17H18BrClFN/c1-3-21-16(14-8-7-13(19)9-11(14)2)10-12-5-4-6-15(20)17(12)18/h4-9,16,21H,3,10H2,1-2H3. The van der Waals surface area contributed by atoms with Crippen LogP contribution in [-0.2, 0) is 6.42 Å². The normalized spacial score (nSPS) is 12.4. The van der Waals surface area contributed by atoms with Gasteiger partial charge in [0.2, 0.25) is 0 Å². The molecule has 4 heteroatoms. The summed E-state index contributed by atoms with van der Waals surface area (Å²) in [6.45, 7) is 4.96. The molecule has 0 spiro atoms. The minimum atomic E-state index is -0.226. The molecule has 0 fully saturated rings. The molecule has 0 heterocycles. The lowest BCUT2D eigenvalue weighted by Crippen LogP contribution is -2.24. The SMILES string of the molecule is CCNC(Cc1cccc(F)c1Br)c1ccc(Cl)cc1C. The Kier molecular flexibility index (Phi) is 5.80. The second-order valence-corrected chi connectivity index (χ2v) is 6.26. The van der Waals surface area contributed by atoms with Gasteiger partial charge in [0.1, 0.15) is 5.82 Å². The summed E-state index contributed by atoms with van der Waals surface area (Å²) in [6, 6.07) is 11.2. The Bertz CT molecular complexity index is 630. The Hall–Kier alpha value is -0.900. The molecular formula is C17H18BrClFN. The van der Waals surface area contributed by atoms with Gasteiger partial charge in [-0.25, -0.2) is 4.39 Å². The van der Waals surface area contributed by atoms with Crippen molar-refractivity contribution in [3.63, 3.8) is 0 Å². The molecule has 21 heavy (non-hydrogen) atoms. The zero-order valence-electron chi connectivity index (χ0n) is 12.1. The van der Waals surface area contributed by atoms with Crippen LogP contribution >= 0.6 is 27.5 Å². The van der Waals surface area contributed by atoms with E-state index in [1.165, 1.54) is 11.6 Å². The van der Waals surface area contributed by atoms with Crippen LogP contribution in [0.3, 0.4) is 0 Å². The van der Waals surface area contributed by atoms with E-state index in [-0.39, 0.29) is 11.9 Å². The molecule has 1 unspecified atom stereocenters. The topological polar surface area (TPSA) is 12.0 Å². The van der Waals surface area contributed by atoms with Gasteiger partial charge in [-0.2, -0.15) is 0 Å². The summed E-state index contributed by atoms with van der Waals surface area (Å²) in [5.41, 5.74) is 3.29. The third-order valence-electron chi connectivity index (χ3n) is 3.51. The van der Waals surface area contributed by atoms with Crippen LogP contribution in [0.5, 0.6) is 0 Å². The Labute approximate surface area is 138 Å². The quantitative estimate of drug-likeness (QED) is 0.738. The van der Waals surface area contributed by atoms with Crippen LogP contribution in [0.1, 0.15) is 29.7 Å². The van der Waals surface area contributed by atoms with E-state index in [0.29, 0.717) is 10.9 Å². The number of nitrogens with one attached hydrogen (secondary N) is 1. The van der Waals surface area contributed by atoms with E-state index in [9.17, 15) is 4.39 Å². The molecule has 0 aliphatic carbocycles. The summed E-state index contributed by atoms with van der Waals surface area (Å²) < 4.78 is 14.2. The van der Waals surface area contributed by atoms with Crippen LogP contribution in [0.2, 0.25) is 5.02 Å². The van der Waals surface area contributed by atoms with Crippen LogP contribution in [0.25, 0.3) is 0 Å². The molecule has 2 aromatic rings. The van der Waals surface area contributed by atoms with Crippen molar-refractivity contribution in [2.45, 2.75) is 26.3 Å². The molecular weight excluding hydrogens is 353 g/mol. The van der Waals surface area contributed by atoms with Crippen molar-refractivity contribution in [3.8, 4) is 0 Å². The zero-order valence-corrected chi connectivity index (χ0v) is 14.4. The van der Waals surface area contributed by atoms with Crippen molar-refractivity contribution >= 4 is 27.5 Å². The fourth-order valence-corrected chi connectivity index (χ4v) is 3.15. The maximum absolute atomic E-state index is 13.7. The largest absolute Gasteiger partial charge is 0.310 e. The van der Waals surface area contributed by atoms with Gasteiger partial charge in [-0.3, -0.25) is 0 Å². The van der Waals surface area contributed by atoms with Crippen LogP contribution in [0, 0.1) is 12.7 Å². The van der Waals surface area contributed by atoms with Gasteiger partial charge >= 0.3 is 0 Å². The summed E-state index contributed by atoms with van der Waals surface area (Å²) in [6.07, 6.45) is 0.717. The Morgan fingerprint density at radius 1 is 1.29 bits per heavy atom. The molecule has 2 rings (SSSR count). The van der Waals surface area contributed by atoms with Crippen LogP contribution in [0.15, 0.2) is 40.9 Å². The molecule has 0 amide bonds. The lowest BCUT2D eigenvalue weighted by Gasteiger charge is -2.21. The van der Waals surface area contributed by atoms with Crippen molar-refractivity contribution in [2.24, 2.45) is 0 Å². The highest BCUT2D eigenvalue weighted by Gasteiger charge is 2.16. The summed E-state index contributed by atoms with van der Waals surface area (Å²) in [5.74, 6) is -0.226. The summed E-state index contributed by atoms with van der Waals surface area (Å²) in [7, 11) is 0. The number of hydrogen-bond acceptors (Lipinski definition) is 1. The van der Waals surface area contributed by atoms with Gasteiger partial charge in [0.05, 0.1) is 4.47 Å². The third kappa shape index (κ3) is 4.06. The van der Waals surface area contributed by atoms with Gasteiger partial charge in [0, 0.05) is 11.1 Å². The zero-order chi connectivity index (χ0) is 15.4. The van der Waals surface area contributed by atoms with E-state index in [1.807, 2.05) is 31.2 Å². The predicted octanol–water partition coefficient (Wildman–Crippen LogP) is 5.44. The second kappa shape index (κ2) is 7.39. The molecule has 1 N–H and O–H groups in total. The molecule has 0 radical (unpaired) electrons. The van der Waals surface area contributed by atoms with Crippen molar-refractivity contribution in [3.05, 3.63) is 68.4 Å². The number of hydrogen-bond donors (Lipinski definition) is 1. The minimum absolute atomic E-state index is 0.130. The molecule has 0 bridgehead atoms. The number of likely N-dealkylation sites (N-methyl/N-ethyl adjacent to an activating group) is 1. The second-order valence-electron chi connectivity index (χ2n) is 5.03. The highest BCUT2D eigenvalue weighted by Crippen LogP contribution is 2.28. The fourth-order valence-electron chi connectivity index (χ4n) is 2.49. The van der Waals surface area contributed by atoms with Gasteiger partial charge in [0.25, 0.3) is 0 Å². The molecule has 0 aliphatic heterocycles. The van der Waals surface area contributed by atoms with Gasteiger partial charge < -0.3 is 5.32 Å². The molecule has 2 aromatic carbocycles. The van der Waals surface area contributed by atoms with Crippen molar-refractivity contribution in [1.29, 1.82) is 0 Å². The monoisotopic (exact) mass is 369 g/mol. The first-order valence-corrected chi connectivity index (χ1v) is 8.12. The Balaban J connectivity index is 2.33. The van der Waals surface area contributed by atoms with Crippen molar-refractivity contribution in [1.82, 2.24) is 5.32 Å². The van der Waals surface area contributed by atoms with Crippen LogP contribution < -0.4 is 5.32 Å². The summed E-state index contributed by atoms with van der Waals surface area (Å²) in [5, 5.41) is 4.20. The molecule has 1 atom stereocenters. The van der Waals surface area contributed by atoms with Crippen molar-refractivity contribution in [2.75, 3.05) is 6.54 Å². The van der Waals surface area contributed by atoms with Gasteiger partial charge in [-0.1, -0.05) is 36.7 Å². The molecule has 0 aromatic heterocycles. The lowest BCUT2D eigenvalue weighted by atomic mass is 9.95. The summed E-state index contributed by atoms with van der Waals surface area (Å²) >= 11 is 9.37. The van der Waals surface area contributed by atoms with E-state index in [2.05, 4.69) is 28.2 Å². The first kappa shape index (κ1) is 16.5. The van der Waals surface area contributed by atoms with Crippen LogP contribution in [0.4, 0.5) is 4.39 Å². The highest BCUT2D eigenvalue weighted by atomic mass is 79.9. The predicted molar refractivity (Wildman–Crippen MR) is 90.4 cm³/mol. The lowest BCUT2D eigenvalue weighted by molar-refractivity contribution is 0.542. The first-order valence-electron chi connectivity index (χ1n) is 6.95. The maximum atomic E-state index is 13.7. The number of aryl methyl sites for hydroxylation is 1. The molecule has 0 saturated heterocycles. The minimum Gasteiger partial charge on any atom is -0.310 e. The van der Waals surface area contributed by atoms with Gasteiger partial charge in [-0.05, 0) is 70.7 Å². The fraction of sp³-hybridized carbons (Fsp3) is 0.294. The molecule has 0 saturated carbocycles. The van der Waals surface area contributed by atoms with E-state index >= 15 is 0 Å². The molecule has 0 aliphatic rings. The highest BCUT2D eigenvalue weighted by molar-refractivity contribution is 9.10. The van der Waals surface area contributed by atoms with Crippen molar-refractivity contribution < 1.29 is 4.39 Å². The molecule has 112 valence electrons. The third-order valence-corrected chi connectivity index (χ3v) is 4.64. The smallest absolute Gasteiger partial charge is 0.137 e. The van der Waals surface area contributed by atoms with Gasteiger partial charge in [-0.15, -0.1) is 0 Å². The Morgan fingerprint density at radius 2 is 2.05 bits per heavy atom. The number of rotatable bonds is 5. The summed E-state index contributed by atoms with van der Waals surface area (Å²) in [4.78, 5) is 0. The molecule has 1 nitrogen and oxygen atoms in total. The average Bonchev–Trinajstić information content (AvgIpc) is 2.43. The maximum Gasteiger partial charge on any atom is 0.137 e. The number of halogens is 3. The average molecular weight is 371 g/mol. The number of benzene rings is 2. The van der Waals surface area contributed by atoms with E-state index in [4.69, 9.17) is 11.6 Å². The van der Waals surface area contributed by atoms with E-state index in [1.54, 1.807) is 6.07 Å². The first-order chi connectivity index (χ1) is 10.0.